The predicted octanol–water partition coefficient (Wildman–Crippen LogP) is 5.54. The molecule has 250 valence electrons. The Kier molecular flexibility index (Phi) is 10.1. The largest absolute Gasteiger partial charge is 0.502 e. The first-order chi connectivity index (χ1) is 22.9. The quantitative estimate of drug-likeness (QED) is 0.177. The summed E-state index contributed by atoms with van der Waals surface area (Å²) in [6.07, 6.45) is 1.70. The lowest BCUT2D eigenvalue weighted by Gasteiger charge is -2.39. The van der Waals surface area contributed by atoms with E-state index in [0.29, 0.717) is 41.7 Å². The van der Waals surface area contributed by atoms with Crippen LogP contribution in [-0.4, -0.2) is 69.5 Å². The van der Waals surface area contributed by atoms with Crippen molar-refractivity contribution >= 4 is 40.8 Å². The number of phenols is 1. The molecule has 10 nitrogen and oxygen atoms in total. The monoisotopic (exact) mass is 684 g/mol. The Morgan fingerprint density at radius 1 is 0.957 bits per heavy atom. The maximum absolute atomic E-state index is 13.5. The van der Waals surface area contributed by atoms with Crippen LogP contribution in [0, 0.1) is 11.8 Å². The topological polar surface area (TPSA) is 116 Å². The van der Waals surface area contributed by atoms with Gasteiger partial charge in [0.25, 0.3) is 0 Å². The fourth-order valence-corrected chi connectivity index (χ4v) is 7.40. The zero-order chi connectivity index (χ0) is 33.1. The fourth-order valence-electron chi connectivity index (χ4n) is 6.99. The number of amides is 1. The Balaban J connectivity index is 1.24. The van der Waals surface area contributed by atoms with E-state index in [1.165, 1.54) is 14.2 Å². The molecule has 2 N–H and O–H groups in total. The first-order valence-corrected chi connectivity index (χ1v) is 16.7. The third-order valence-electron chi connectivity index (χ3n) is 9.24. The minimum Gasteiger partial charge on any atom is -0.502 e. The second-order valence-electron chi connectivity index (χ2n) is 11.8. The summed E-state index contributed by atoms with van der Waals surface area (Å²) < 4.78 is 28.0. The lowest BCUT2D eigenvalue weighted by Crippen LogP contribution is -2.42. The molecule has 3 aromatic rings. The number of benzene rings is 3. The molecule has 1 aliphatic carbocycles. The molecule has 0 saturated carbocycles. The van der Waals surface area contributed by atoms with Crippen molar-refractivity contribution in [3.8, 4) is 28.7 Å². The van der Waals surface area contributed by atoms with Crippen LogP contribution in [0.1, 0.15) is 47.1 Å². The standard InChI is InChI=1S/C35H38Cl2N2O8/c1-43-28-14-21(15-29(44-2)34(28)41)31-23-16-26-27(47-19-46-26)17-24(23)33(25-18-45-35(42)32(25)31)38-30(40)5-3-4-20-6-8-22(9-7-20)39(12-10-36)13-11-37/h6-9,14-17,25,31-33,41H,3-5,10-13,18-19H2,1-2H3,(H,38,40)/t25-,31+,32-,33+/m0/s1. The maximum Gasteiger partial charge on any atom is 0.310 e. The summed E-state index contributed by atoms with van der Waals surface area (Å²) in [4.78, 5) is 29.0. The summed E-state index contributed by atoms with van der Waals surface area (Å²) in [6, 6.07) is 15.0. The van der Waals surface area contributed by atoms with Gasteiger partial charge in [-0.05, 0) is 71.5 Å². The minimum atomic E-state index is -0.609. The van der Waals surface area contributed by atoms with Gasteiger partial charge in [0, 0.05) is 48.8 Å². The van der Waals surface area contributed by atoms with Crippen molar-refractivity contribution in [1.82, 2.24) is 5.32 Å². The second kappa shape index (κ2) is 14.4. The highest BCUT2D eigenvalue weighted by molar-refractivity contribution is 6.18. The summed E-state index contributed by atoms with van der Waals surface area (Å²) in [6.45, 7) is 1.67. The Bertz CT molecular complexity index is 1590. The number of carbonyl (C=O) groups is 2. The van der Waals surface area contributed by atoms with Crippen LogP contribution in [0.2, 0.25) is 0 Å². The number of nitrogens with one attached hydrogen (secondary N) is 1. The molecule has 1 saturated heterocycles. The summed E-state index contributed by atoms with van der Waals surface area (Å²) >= 11 is 11.9. The molecule has 2 aliphatic heterocycles. The van der Waals surface area contributed by atoms with Crippen molar-refractivity contribution in [3.05, 3.63) is 70.8 Å². The maximum atomic E-state index is 13.5. The first kappa shape index (κ1) is 32.9. The van der Waals surface area contributed by atoms with Crippen LogP contribution in [-0.2, 0) is 20.7 Å². The zero-order valence-corrected chi connectivity index (χ0v) is 27.8. The molecule has 0 aromatic heterocycles. The van der Waals surface area contributed by atoms with Gasteiger partial charge in [-0.15, -0.1) is 23.2 Å². The van der Waals surface area contributed by atoms with Crippen molar-refractivity contribution in [1.29, 1.82) is 0 Å². The Morgan fingerprint density at radius 2 is 1.60 bits per heavy atom. The molecule has 0 radical (unpaired) electrons. The smallest absolute Gasteiger partial charge is 0.310 e. The van der Waals surface area contributed by atoms with Crippen molar-refractivity contribution in [2.45, 2.75) is 31.2 Å². The van der Waals surface area contributed by atoms with E-state index in [9.17, 15) is 14.7 Å². The molecule has 6 rings (SSSR count). The number of carbonyl (C=O) groups excluding carboxylic acids is 2. The van der Waals surface area contributed by atoms with Gasteiger partial charge in [-0.1, -0.05) is 12.1 Å². The van der Waals surface area contributed by atoms with Crippen molar-refractivity contribution in [2.75, 3.05) is 57.4 Å². The van der Waals surface area contributed by atoms with Crippen LogP contribution in [0.4, 0.5) is 5.69 Å². The number of anilines is 1. The van der Waals surface area contributed by atoms with Crippen LogP contribution in [0.15, 0.2) is 48.5 Å². The van der Waals surface area contributed by atoms with Gasteiger partial charge >= 0.3 is 5.97 Å². The van der Waals surface area contributed by atoms with Crippen LogP contribution >= 0.6 is 23.2 Å². The molecule has 47 heavy (non-hydrogen) atoms. The zero-order valence-electron chi connectivity index (χ0n) is 26.3. The average molecular weight is 686 g/mol. The van der Waals surface area contributed by atoms with Crippen LogP contribution in [0.3, 0.4) is 0 Å². The number of hydrogen-bond donors (Lipinski definition) is 2. The number of phenolic OH excluding ortho intramolecular Hbond substituents is 1. The van der Waals surface area contributed by atoms with Gasteiger partial charge in [0.1, 0.15) is 0 Å². The number of esters is 1. The third kappa shape index (κ3) is 6.58. The van der Waals surface area contributed by atoms with E-state index < -0.39 is 17.9 Å². The summed E-state index contributed by atoms with van der Waals surface area (Å²) in [5.74, 6) is 0.574. The molecule has 1 amide bonds. The fraction of sp³-hybridized carbons (Fsp3) is 0.429. The van der Waals surface area contributed by atoms with Crippen LogP contribution in [0.5, 0.6) is 28.7 Å². The van der Waals surface area contributed by atoms with Gasteiger partial charge in [-0.25, -0.2) is 0 Å². The number of rotatable bonds is 13. The summed E-state index contributed by atoms with van der Waals surface area (Å²) in [5, 5.41) is 13.8. The Hall–Kier alpha value is -4.02. The number of cyclic esters (lactones) is 1. The normalized spacial score (nSPS) is 20.6. The van der Waals surface area contributed by atoms with E-state index in [1.807, 2.05) is 12.1 Å². The lowest BCUT2D eigenvalue weighted by atomic mass is 9.65. The van der Waals surface area contributed by atoms with E-state index in [2.05, 4.69) is 34.5 Å². The summed E-state index contributed by atoms with van der Waals surface area (Å²) in [7, 11) is 2.91. The highest BCUT2D eigenvalue weighted by Gasteiger charge is 2.53. The average Bonchev–Trinajstić information content (AvgIpc) is 3.70. The highest BCUT2D eigenvalue weighted by atomic mass is 35.5. The van der Waals surface area contributed by atoms with Gasteiger partial charge in [-0.3, -0.25) is 9.59 Å². The molecule has 0 spiro atoms. The molecule has 0 unspecified atom stereocenters. The number of methoxy groups -OCH3 is 2. The van der Waals surface area contributed by atoms with Gasteiger partial charge in [-0.2, -0.15) is 0 Å². The van der Waals surface area contributed by atoms with Gasteiger partial charge < -0.3 is 39.0 Å². The number of alkyl halides is 2. The molecule has 4 atom stereocenters. The van der Waals surface area contributed by atoms with Crippen molar-refractivity contribution < 1.29 is 38.4 Å². The summed E-state index contributed by atoms with van der Waals surface area (Å²) in [5.41, 5.74) is 4.52. The van der Waals surface area contributed by atoms with E-state index in [1.54, 1.807) is 12.1 Å². The molecule has 3 aliphatic rings. The van der Waals surface area contributed by atoms with Crippen molar-refractivity contribution in [3.63, 3.8) is 0 Å². The van der Waals surface area contributed by atoms with Gasteiger partial charge in [0.05, 0.1) is 32.8 Å². The number of halogens is 2. The van der Waals surface area contributed by atoms with E-state index in [0.717, 1.165) is 41.9 Å². The van der Waals surface area contributed by atoms with Crippen LogP contribution < -0.4 is 29.2 Å². The van der Waals surface area contributed by atoms with E-state index in [-0.39, 0.29) is 48.4 Å². The number of ether oxygens (including phenoxy) is 5. The number of nitrogens with zero attached hydrogens (tertiary/aromatic N) is 1. The number of hydrogen-bond acceptors (Lipinski definition) is 9. The number of fused-ring (bicyclic) bond motifs is 3. The minimum absolute atomic E-state index is 0.0775. The molecular formula is C35H38Cl2N2O8. The number of aromatic hydroxyl groups is 1. The Labute approximate surface area is 283 Å². The third-order valence-corrected chi connectivity index (χ3v) is 9.58. The lowest BCUT2D eigenvalue weighted by molar-refractivity contribution is -0.141. The second-order valence-corrected chi connectivity index (χ2v) is 12.6. The molecule has 12 heteroatoms. The van der Waals surface area contributed by atoms with Crippen LogP contribution in [0.25, 0.3) is 0 Å². The molecule has 2 heterocycles. The molecule has 1 fully saturated rings. The Morgan fingerprint density at radius 3 is 2.21 bits per heavy atom. The van der Waals surface area contributed by atoms with Gasteiger partial charge in [0.2, 0.25) is 18.4 Å². The highest BCUT2D eigenvalue weighted by Crippen LogP contribution is 2.55. The van der Waals surface area contributed by atoms with Gasteiger partial charge in [0.15, 0.2) is 23.0 Å². The molecular weight excluding hydrogens is 647 g/mol. The number of aryl methyl sites for hydroxylation is 1. The molecule has 0 bridgehead atoms. The van der Waals surface area contributed by atoms with Crippen molar-refractivity contribution in [2.24, 2.45) is 11.8 Å². The first-order valence-electron chi connectivity index (χ1n) is 15.7. The van der Waals surface area contributed by atoms with E-state index in [4.69, 9.17) is 46.9 Å². The predicted molar refractivity (Wildman–Crippen MR) is 177 cm³/mol. The molecule has 3 aromatic carbocycles. The SMILES string of the molecule is COc1cc([C@@H]2c3cc4c(cc3[C@@H](NC(=O)CCCc3ccc(N(CCCl)CCCl)cc3)[C@H]3COC(=O)[C@H]23)OCO4)cc(OC)c1O. The van der Waals surface area contributed by atoms with E-state index >= 15 is 0 Å².